The Labute approximate surface area is 120 Å². The van der Waals surface area contributed by atoms with Gasteiger partial charge in [0.25, 0.3) is 5.91 Å². The first-order valence-electron chi connectivity index (χ1n) is 6.48. The van der Waals surface area contributed by atoms with Crippen LogP contribution in [-0.4, -0.2) is 25.7 Å². The molecule has 0 saturated heterocycles. The molecule has 1 amide bonds. The van der Waals surface area contributed by atoms with Crippen molar-refractivity contribution >= 4 is 24.0 Å². The number of halogens is 1. The largest absolute Gasteiger partial charge is 0.398 e. The van der Waals surface area contributed by atoms with Gasteiger partial charge >= 0.3 is 0 Å². The number of hydrogen-bond donors (Lipinski definition) is 2. The van der Waals surface area contributed by atoms with Crippen LogP contribution < -0.4 is 11.1 Å². The SMILES string of the molecule is Cl.Nc1ccccc1C(=O)NCCCOCC1CC1. The Morgan fingerprint density at radius 1 is 1.37 bits per heavy atom. The Balaban J connectivity index is 0.00000180. The van der Waals surface area contributed by atoms with Gasteiger partial charge in [-0.25, -0.2) is 0 Å². The molecule has 106 valence electrons. The zero-order chi connectivity index (χ0) is 12.8. The second-order valence-corrected chi connectivity index (χ2v) is 4.71. The number of nitrogen functional groups attached to an aromatic ring is 1. The quantitative estimate of drug-likeness (QED) is 0.596. The first-order valence-corrected chi connectivity index (χ1v) is 6.48. The fourth-order valence-electron chi connectivity index (χ4n) is 1.71. The predicted octanol–water partition coefficient (Wildman–Crippen LogP) is 2.24. The molecule has 1 aliphatic carbocycles. The minimum absolute atomic E-state index is 0. The second kappa shape index (κ2) is 8.02. The first-order chi connectivity index (χ1) is 8.77. The summed E-state index contributed by atoms with van der Waals surface area (Å²) in [5.74, 6) is 0.680. The zero-order valence-corrected chi connectivity index (χ0v) is 11.7. The summed E-state index contributed by atoms with van der Waals surface area (Å²) in [7, 11) is 0. The van der Waals surface area contributed by atoms with E-state index >= 15 is 0 Å². The van der Waals surface area contributed by atoms with Crippen LogP contribution in [0, 0.1) is 5.92 Å². The van der Waals surface area contributed by atoms with E-state index in [-0.39, 0.29) is 18.3 Å². The van der Waals surface area contributed by atoms with E-state index in [1.54, 1.807) is 12.1 Å². The van der Waals surface area contributed by atoms with Crippen LogP contribution in [0.1, 0.15) is 29.6 Å². The zero-order valence-electron chi connectivity index (χ0n) is 10.9. The van der Waals surface area contributed by atoms with E-state index in [9.17, 15) is 4.79 Å². The van der Waals surface area contributed by atoms with E-state index in [0.29, 0.717) is 24.4 Å². The van der Waals surface area contributed by atoms with Gasteiger partial charge in [0.1, 0.15) is 0 Å². The lowest BCUT2D eigenvalue weighted by molar-refractivity contribution is 0.0938. The van der Waals surface area contributed by atoms with Crippen molar-refractivity contribution in [2.24, 2.45) is 5.92 Å². The van der Waals surface area contributed by atoms with Crippen LogP contribution in [0.4, 0.5) is 5.69 Å². The second-order valence-electron chi connectivity index (χ2n) is 4.71. The molecule has 2 rings (SSSR count). The third-order valence-corrected chi connectivity index (χ3v) is 3.01. The van der Waals surface area contributed by atoms with Crippen LogP contribution in [0.5, 0.6) is 0 Å². The maximum absolute atomic E-state index is 11.8. The summed E-state index contributed by atoms with van der Waals surface area (Å²) >= 11 is 0. The number of rotatable bonds is 7. The number of nitrogens with two attached hydrogens (primary N) is 1. The molecule has 0 unspecified atom stereocenters. The monoisotopic (exact) mass is 284 g/mol. The van der Waals surface area contributed by atoms with Crippen molar-refractivity contribution in [3.63, 3.8) is 0 Å². The molecule has 0 radical (unpaired) electrons. The Morgan fingerprint density at radius 3 is 2.79 bits per heavy atom. The van der Waals surface area contributed by atoms with Gasteiger partial charge in [-0.1, -0.05) is 12.1 Å². The minimum Gasteiger partial charge on any atom is -0.398 e. The molecule has 1 aromatic rings. The standard InChI is InChI=1S/C14H20N2O2.ClH/c15-13-5-2-1-4-12(13)14(17)16-8-3-9-18-10-11-6-7-11;/h1-2,4-5,11H,3,6-10,15H2,(H,16,17);1H. The number of hydrogen-bond acceptors (Lipinski definition) is 3. The fourth-order valence-corrected chi connectivity index (χ4v) is 1.71. The number of anilines is 1. The first kappa shape index (κ1) is 15.8. The van der Waals surface area contributed by atoms with Crippen molar-refractivity contribution in [3.8, 4) is 0 Å². The Kier molecular flexibility index (Phi) is 6.67. The van der Waals surface area contributed by atoms with Crippen LogP contribution in [-0.2, 0) is 4.74 Å². The average Bonchev–Trinajstić information content (AvgIpc) is 3.18. The van der Waals surface area contributed by atoms with Gasteiger partial charge in [-0.3, -0.25) is 4.79 Å². The molecule has 3 N–H and O–H groups in total. The van der Waals surface area contributed by atoms with Gasteiger partial charge in [0.05, 0.1) is 5.56 Å². The summed E-state index contributed by atoms with van der Waals surface area (Å²) in [6.45, 7) is 2.21. The van der Waals surface area contributed by atoms with Crippen LogP contribution in [0.25, 0.3) is 0 Å². The summed E-state index contributed by atoms with van der Waals surface area (Å²) in [4.78, 5) is 11.8. The van der Waals surface area contributed by atoms with E-state index in [0.717, 1.165) is 18.9 Å². The van der Waals surface area contributed by atoms with Crippen molar-refractivity contribution in [2.45, 2.75) is 19.3 Å². The molecule has 5 heteroatoms. The van der Waals surface area contributed by atoms with Crippen molar-refractivity contribution in [3.05, 3.63) is 29.8 Å². The van der Waals surface area contributed by atoms with Gasteiger partial charge < -0.3 is 15.8 Å². The predicted molar refractivity (Wildman–Crippen MR) is 78.6 cm³/mol. The van der Waals surface area contributed by atoms with Crippen molar-refractivity contribution in [2.75, 3.05) is 25.5 Å². The number of benzene rings is 1. The molecule has 4 nitrogen and oxygen atoms in total. The molecule has 1 aliphatic rings. The maximum atomic E-state index is 11.8. The van der Waals surface area contributed by atoms with E-state index in [4.69, 9.17) is 10.5 Å². The lowest BCUT2D eigenvalue weighted by Crippen LogP contribution is -2.26. The summed E-state index contributed by atoms with van der Waals surface area (Å²) in [5, 5.41) is 2.84. The molecule has 0 heterocycles. The van der Waals surface area contributed by atoms with Gasteiger partial charge in [0.2, 0.25) is 0 Å². The topological polar surface area (TPSA) is 64.4 Å². The number of nitrogens with one attached hydrogen (secondary N) is 1. The van der Waals surface area contributed by atoms with Crippen LogP contribution >= 0.6 is 12.4 Å². The molecule has 1 fully saturated rings. The van der Waals surface area contributed by atoms with E-state index in [1.807, 2.05) is 12.1 Å². The summed E-state index contributed by atoms with van der Waals surface area (Å²) in [6.07, 6.45) is 3.46. The highest BCUT2D eigenvalue weighted by Crippen LogP contribution is 2.28. The number of para-hydroxylation sites is 1. The van der Waals surface area contributed by atoms with Gasteiger partial charge in [-0.05, 0) is 37.3 Å². The van der Waals surface area contributed by atoms with Crippen LogP contribution in [0.15, 0.2) is 24.3 Å². The van der Waals surface area contributed by atoms with Crippen molar-refractivity contribution in [1.29, 1.82) is 0 Å². The molecule has 0 aromatic heterocycles. The average molecular weight is 285 g/mol. The third kappa shape index (κ3) is 5.49. The number of carbonyl (C=O) groups is 1. The van der Waals surface area contributed by atoms with E-state index < -0.39 is 0 Å². The minimum atomic E-state index is -0.115. The highest BCUT2D eigenvalue weighted by atomic mass is 35.5. The van der Waals surface area contributed by atoms with E-state index in [1.165, 1.54) is 12.8 Å². The number of ether oxygens (including phenoxy) is 1. The van der Waals surface area contributed by atoms with Gasteiger partial charge in [-0.2, -0.15) is 0 Å². The maximum Gasteiger partial charge on any atom is 0.253 e. The highest BCUT2D eigenvalue weighted by molar-refractivity contribution is 5.98. The van der Waals surface area contributed by atoms with Crippen molar-refractivity contribution < 1.29 is 9.53 Å². The normalized spacial score (nSPS) is 13.7. The number of amides is 1. The van der Waals surface area contributed by atoms with Crippen LogP contribution in [0.2, 0.25) is 0 Å². The lowest BCUT2D eigenvalue weighted by atomic mass is 10.1. The van der Waals surface area contributed by atoms with Gasteiger partial charge in [-0.15, -0.1) is 12.4 Å². The Morgan fingerprint density at radius 2 is 2.11 bits per heavy atom. The highest BCUT2D eigenvalue weighted by Gasteiger charge is 2.20. The molecule has 19 heavy (non-hydrogen) atoms. The summed E-state index contributed by atoms with van der Waals surface area (Å²) in [5.41, 5.74) is 6.78. The summed E-state index contributed by atoms with van der Waals surface area (Å²) in [6, 6.07) is 7.09. The molecule has 0 atom stereocenters. The summed E-state index contributed by atoms with van der Waals surface area (Å²) < 4.78 is 5.49. The lowest BCUT2D eigenvalue weighted by Gasteiger charge is -2.07. The third-order valence-electron chi connectivity index (χ3n) is 3.01. The van der Waals surface area contributed by atoms with E-state index in [2.05, 4.69) is 5.32 Å². The van der Waals surface area contributed by atoms with Gasteiger partial charge in [0.15, 0.2) is 0 Å². The van der Waals surface area contributed by atoms with Gasteiger partial charge in [0, 0.05) is 25.4 Å². The smallest absolute Gasteiger partial charge is 0.253 e. The van der Waals surface area contributed by atoms with Crippen LogP contribution in [0.3, 0.4) is 0 Å². The number of carbonyl (C=O) groups excluding carboxylic acids is 1. The Hall–Kier alpha value is -1.26. The molecule has 0 spiro atoms. The fraction of sp³-hybridized carbons (Fsp3) is 0.500. The van der Waals surface area contributed by atoms with Crippen molar-refractivity contribution in [1.82, 2.24) is 5.32 Å². The molecular formula is C14H21ClN2O2. The Bertz CT molecular complexity index is 408. The molecule has 0 aliphatic heterocycles. The molecule has 1 aromatic carbocycles. The molecular weight excluding hydrogens is 264 g/mol. The molecule has 0 bridgehead atoms. The molecule has 1 saturated carbocycles.